The van der Waals surface area contributed by atoms with Gasteiger partial charge in [0.1, 0.15) is 0 Å². The van der Waals surface area contributed by atoms with E-state index in [2.05, 4.69) is 11.1 Å². The quantitative estimate of drug-likeness (QED) is 0.368. The Morgan fingerprint density at radius 2 is 1.38 bits per heavy atom. The van der Waals surface area contributed by atoms with Gasteiger partial charge in [0.05, 0.1) is 6.61 Å². The summed E-state index contributed by atoms with van der Waals surface area (Å²) >= 11 is 0. The average Bonchev–Trinajstić information content (AvgIpc) is 2.14. The van der Waals surface area contributed by atoms with Crippen LogP contribution in [0.2, 0.25) is 0 Å². The zero-order valence-electron chi connectivity index (χ0n) is 10.4. The van der Waals surface area contributed by atoms with E-state index in [-0.39, 0.29) is 12.8 Å². The van der Waals surface area contributed by atoms with E-state index in [1.54, 1.807) is 0 Å². The molecule has 0 saturated heterocycles. The first kappa shape index (κ1) is 18.2. The lowest BCUT2D eigenvalue weighted by atomic mass is 10.1. The van der Waals surface area contributed by atoms with Crippen LogP contribution in [0.25, 0.3) is 0 Å². The summed E-state index contributed by atoms with van der Waals surface area (Å²) < 4.78 is 34.3. The molecule has 4 N–H and O–H groups in total. The monoisotopic (exact) mass is 255 g/mol. The third-order valence-electron chi connectivity index (χ3n) is 2.23. The molecule has 0 amide bonds. The Morgan fingerprint density at radius 3 is 1.81 bits per heavy atom. The van der Waals surface area contributed by atoms with E-state index < -0.39 is 10.4 Å². The van der Waals surface area contributed by atoms with Crippen molar-refractivity contribution >= 4 is 10.4 Å². The van der Waals surface area contributed by atoms with E-state index in [4.69, 9.17) is 0 Å². The molecule has 16 heavy (non-hydrogen) atoms. The summed E-state index contributed by atoms with van der Waals surface area (Å²) in [6.07, 6.45) is 8.91. The molecule has 100 valence electrons. The first-order valence-electron chi connectivity index (χ1n) is 5.66. The zero-order valence-corrected chi connectivity index (χ0v) is 11.2. The summed E-state index contributed by atoms with van der Waals surface area (Å²) in [4.78, 5) is 0. The van der Waals surface area contributed by atoms with Crippen molar-refractivity contribution in [3.63, 3.8) is 0 Å². The maximum atomic E-state index is 10.1. The second kappa shape index (κ2) is 11.3. The van der Waals surface area contributed by atoms with Crippen molar-refractivity contribution in [3.8, 4) is 0 Å². The highest BCUT2D eigenvalue weighted by molar-refractivity contribution is 7.80. The van der Waals surface area contributed by atoms with Crippen LogP contribution in [0.15, 0.2) is 0 Å². The first-order valence-corrected chi connectivity index (χ1v) is 7.00. The highest BCUT2D eigenvalue weighted by Gasteiger charge is 1.95. The van der Waals surface area contributed by atoms with Crippen LogP contribution < -0.4 is 6.15 Å². The Kier molecular flexibility index (Phi) is 12.9. The van der Waals surface area contributed by atoms with Crippen molar-refractivity contribution in [1.82, 2.24) is 6.15 Å². The molecule has 0 rings (SSSR count). The molecular weight excluding hydrogens is 230 g/mol. The molecule has 0 heterocycles. The maximum absolute atomic E-state index is 10.1. The van der Waals surface area contributed by atoms with Gasteiger partial charge in [0.15, 0.2) is 0 Å². The van der Waals surface area contributed by atoms with Crippen LogP contribution >= 0.6 is 0 Å². The molecule has 0 aliphatic rings. The molecule has 0 aliphatic carbocycles. The lowest BCUT2D eigenvalue weighted by Crippen LogP contribution is -2.05. The smallest absolute Gasteiger partial charge is 0.217 e. The van der Waals surface area contributed by atoms with Crippen molar-refractivity contribution in [3.05, 3.63) is 0 Å². The van der Waals surface area contributed by atoms with Gasteiger partial charge in [-0.3, -0.25) is 4.18 Å². The minimum atomic E-state index is -4.48. The van der Waals surface area contributed by atoms with Crippen molar-refractivity contribution in [2.45, 2.75) is 58.3 Å². The Morgan fingerprint density at radius 1 is 0.938 bits per heavy atom. The van der Waals surface area contributed by atoms with Crippen molar-refractivity contribution in [2.24, 2.45) is 0 Å². The fourth-order valence-corrected chi connectivity index (χ4v) is 1.72. The molecule has 0 fully saturated rings. The molecule has 0 aromatic carbocycles. The number of hydrogen-bond acceptors (Lipinski definition) is 4. The molecule has 0 aromatic rings. The normalized spacial score (nSPS) is 11.1. The molecule has 0 saturated carbocycles. The summed E-state index contributed by atoms with van der Waals surface area (Å²) in [5.74, 6) is 0. The number of quaternary nitrogens is 1. The summed E-state index contributed by atoms with van der Waals surface area (Å²) in [5.41, 5.74) is 0. The molecule has 5 nitrogen and oxygen atoms in total. The predicted octanol–water partition coefficient (Wildman–Crippen LogP) is 2.98. The highest BCUT2D eigenvalue weighted by atomic mass is 32.3. The van der Waals surface area contributed by atoms with Crippen LogP contribution in [0.5, 0.6) is 0 Å². The molecule has 0 radical (unpaired) electrons. The van der Waals surface area contributed by atoms with E-state index in [0.717, 1.165) is 12.8 Å². The highest BCUT2D eigenvalue weighted by Crippen LogP contribution is 2.08. The summed E-state index contributed by atoms with van der Waals surface area (Å²) in [6, 6.07) is 0. The van der Waals surface area contributed by atoms with Crippen molar-refractivity contribution in [2.75, 3.05) is 6.61 Å². The number of hydrogen-bond donors (Lipinski definition) is 1. The Bertz CT molecular complexity index is 229. The van der Waals surface area contributed by atoms with E-state index >= 15 is 0 Å². The predicted molar refractivity (Wildman–Crippen MR) is 64.2 cm³/mol. The van der Waals surface area contributed by atoms with Gasteiger partial charge in [0, 0.05) is 0 Å². The molecule has 0 spiro atoms. The lowest BCUT2D eigenvalue weighted by molar-refractivity contribution is 0.255. The SMILES string of the molecule is CCCCCCCCCCOS(=O)(=O)[O-].[NH4+]. The molecule has 0 unspecified atom stereocenters. The average molecular weight is 255 g/mol. The van der Waals surface area contributed by atoms with Gasteiger partial charge in [0.25, 0.3) is 0 Å². The number of rotatable bonds is 10. The van der Waals surface area contributed by atoms with Crippen LogP contribution in [0.3, 0.4) is 0 Å². The number of unbranched alkanes of at least 4 members (excludes halogenated alkanes) is 7. The standard InChI is InChI=1S/C10H22O4S.H3N/c1-2-3-4-5-6-7-8-9-10-14-15(11,12)13;/h2-10H2,1H3,(H,11,12,13);1H3. The summed E-state index contributed by atoms with van der Waals surface area (Å²) in [7, 11) is -4.48. The molecule has 0 atom stereocenters. The van der Waals surface area contributed by atoms with Crippen LogP contribution in [0, 0.1) is 0 Å². The third kappa shape index (κ3) is 16.3. The second-order valence-corrected chi connectivity index (χ2v) is 4.76. The van der Waals surface area contributed by atoms with Crippen molar-refractivity contribution in [1.29, 1.82) is 0 Å². The molecule has 0 bridgehead atoms. The lowest BCUT2D eigenvalue weighted by Gasteiger charge is -2.06. The van der Waals surface area contributed by atoms with Crippen LogP contribution in [0.1, 0.15) is 58.3 Å². The Hall–Kier alpha value is -0.170. The van der Waals surface area contributed by atoms with E-state index in [1.807, 2.05) is 0 Å². The Balaban J connectivity index is 0. The van der Waals surface area contributed by atoms with Gasteiger partial charge in [-0.25, -0.2) is 8.42 Å². The van der Waals surface area contributed by atoms with Crippen LogP contribution in [-0.4, -0.2) is 19.6 Å². The largest absolute Gasteiger partial charge is 0.726 e. The van der Waals surface area contributed by atoms with Crippen LogP contribution in [-0.2, 0) is 14.6 Å². The minimum Gasteiger partial charge on any atom is -0.726 e. The van der Waals surface area contributed by atoms with Gasteiger partial charge in [0.2, 0.25) is 10.4 Å². The fourth-order valence-electron chi connectivity index (χ4n) is 1.40. The summed E-state index contributed by atoms with van der Waals surface area (Å²) in [5, 5.41) is 0. The van der Waals surface area contributed by atoms with Crippen molar-refractivity contribution < 1.29 is 17.2 Å². The van der Waals surface area contributed by atoms with Gasteiger partial charge in [-0.2, -0.15) is 0 Å². The third-order valence-corrected chi connectivity index (χ3v) is 2.68. The van der Waals surface area contributed by atoms with E-state index in [0.29, 0.717) is 6.42 Å². The van der Waals surface area contributed by atoms with Gasteiger partial charge in [-0.15, -0.1) is 0 Å². The van der Waals surface area contributed by atoms with Crippen LogP contribution in [0.4, 0.5) is 0 Å². The van der Waals surface area contributed by atoms with Gasteiger partial charge < -0.3 is 10.7 Å². The van der Waals surface area contributed by atoms with Gasteiger partial charge >= 0.3 is 0 Å². The first-order chi connectivity index (χ1) is 7.06. The molecular formula is C10H25NO4S. The van der Waals surface area contributed by atoms with Gasteiger partial charge in [-0.1, -0.05) is 51.9 Å². The second-order valence-electron chi connectivity index (χ2n) is 3.71. The maximum Gasteiger partial charge on any atom is 0.217 e. The minimum absolute atomic E-state index is 0. The summed E-state index contributed by atoms with van der Waals surface area (Å²) in [6.45, 7) is 2.21. The van der Waals surface area contributed by atoms with Gasteiger partial charge in [-0.05, 0) is 6.42 Å². The topological polar surface area (TPSA) is 103 Å². The molecule has 0 aromatic heterocycles. The molecule has 0 aliphatic heterocycles. The Labute approximate surface area is 99.1 Å². The molecule has 6 heteroatoms. The zero-order chi connectivity index (χ0) is 11.6. The van der Waals surface area contributed by atoms with E-state index in [9.17, 15) is 13.0 Å². The fraction of sp³-hybridized carbons (Fsp3) is 1.00. The van der Waals surface area contributed by atoms with E-state index in [1.165, 1.54) is 32.1 Å².